The summed E-state index contributed by atoms with van der Waals surface area (Å²) in [7, 11) is -3.34. The number of nitrogens with zero attached hydrogens (tertiary/aromatic N) is 5. The van der Waals surface area contributed by atoms with E-state index >= 15 is 0 Å². The third-order valence-corrected chi connectivity index (χ3v) is 8.43. The van der Waals surface area contributed by atoms with Gasteiger partial charge < -0.3 is 9.88 Å². The molecular formula is C21H22N6O2S. The molecule has 2 fully saturated rings. The lowest BCUT2D eigenvalue weighted by Crippen LogP contribution is -2.59. The van der Waals surface area contributed by atoms with Gasteiger partial charge in [-0.05, 0) is 48.6 Å². The first-order chi connectivity index (χ1) is 14.6. The van der Waals surface area contributed by atoms with Crippen molar-refractivity contribution in [2.24, 2.45) is 0 Å². The zero-order chi connectivity index (χ0) is 20.7. The van der Waals surface area contributed by atoms with Crippen LogP contribution in [0.5, 0.6) is 0 Å². The maximum absolute atomic E-state index is 13.1. The molecule has 0 spiro atoms. The number of piperidine rings is 1. The van der Waals surface area contributed by atoms with Crippen LogP contribution in [0, 0.1) is 11.3 Å². The van der Waals surface area contributed by atoms with Crippen molar-refractivity contribution in [3.05, 3.63) is 54.0 Å². The summed E-state index contributed by atoms with van der Waals surface area (Å²) >= 11 is 0. The Morgan fingerprint density at radius 1 is 1.13 bits per heavy atom. The van der Waals surface area contributed by atoms with Crippen molar-refractivity contribution in [3.8, 4) is 6.07 Å². The van der Waals surface area contributed by atoms with Gasteiger partial charge >= 0.3 is 0 Å². The van der Waals surface area contributed by atoms with E-state index in [-0.39, 0.29) is 0 Å². The van der Waals surface area contributed by atoms with Gasteiger partial charge in [-0.2, -0.15) is 5.26 Å². The summed E-state index contributed by atoms with van der Waals surface area (Å²) in [6.45, 7) is 1.91. The summed E-state index contributed by atoms with van der Waals surface area (Å²) in [5.41, 5.74) is 2.64. The number of anilines is 1. The molecule has 1 N–H and O–H groups in total. The highest BCUT2D eigenvalue weighted by Gasteiger charge is 2.42. The maximum atomic E-state index is 13.1. The molecule has 0 unspecified atom stereocenters. The fraction of sp³-hybridized carbons (Fsp3) is 0.381. The molecule has 2 aliphatic heterocycles. The second kappa shape index (κ2) is 7.38. The summed E-state index contributed by atoms with van der Waals surface area (Å²) < 4.78 is 27.8. The Kier molecular flexibility index (Phi) is 4.68. The first-order valence-corrected chi connectivity index (χ1v) is 11.6. The molecule has 5 rings (SSSR count). The maximum Gasteiger partial charge on any atom is 0.220 e. The third-order valence-electron chi connectivity index (χ3n) is 6.20. The Morgan fingerprint density at radius 2 is 1.93 bits per heavy atom. The fourth-order valence-electron chi connectivity index (χ4n) is 4.42. The molecule has 0 atom stereocenters. The number of aromatic nitrogens is 3. The van der Waals surface area contributed by atoms with Gasteiger partial charge in [-0.1, -0.05) is 0 Å². The number of pyridine rings is 2. The molecule has 0 amide bonds. The number of rotatable bonds is 4. The van der Waals surface area contributed by atoms with E-state index in [0.29, 0.717) is 43.5 Å². The van der Waals surface area contributed by atoms with E-state index in [1.165, 1.54) is 5.56 Å². The van der Waals surface area contributed by atoms with Gasteiger partial charge in [0.15, 0.2) is 0 Å². The van der Waals surface area contributed by atoms with Crippen LogP contribution in [-0.2, 0) is 10.0 Å². The zero-order valence-electron chi connectivity index (χ0n) is 16.4. The van der Waals surface area contributed by atoms with Crippen molar-refractivity contribution < 1.29 is 8.42 Å². The van der Waals surface area contributed by atoms with E-state index < -0.39 is 15.3 Å². The van der Waals surface area contributed by atoms with Gasteiger partial charge in [-0.25, -0.2) is 22.7 Å². The van der Waals surface area contributed by atoms with Gasteiger partial charge in [0.05, 0.1) is 11.6 Å². The van der Waals surface area contributed by atoms with Gasteiger partial charge in [0, 0.05) is 50.2 Å². The highest BCUT2D eigenvalue weighted by Crippen LogP contribution is 2.35. The minimum absolute atomic E-state index is 0.338. The lowest BCUT2D eigenvalue weighted by Gasteiger charge is -2.42. The number of hydrogen-bond acceptors (Lipinski definition) is 6. The Bertz CT molecular complexity index is 1220. The van der Waals surface area contributed by atoms with Crippen LogP contribution < -0.4 is 4.90 Å². The van der Waals surface area contributed by atoms with Crippen LogP contribution in [0.3, 0.4) is 0 Å². The quantitative estimate of drug-likeness (QED) is 0.691. The number of H-pyrrole nitrogens is 1. The first kappa shape index (κ1) is 19.0. The summed E-state index contributed by atoms with van der Waals surface area (Å²) in [5, 5.41) is 9.74. The van der Waals surface area contributed by atoms with E-state index in [2.05, 4.69) is 27.1 Å². The topological polar surface area (TPSA) is 106 Å². The molecule has 154 valence electrons. The molecule has 3 aromatic heterocycles. The Hall–Kier alpha value is -2.96. The van der Waals surface area contributed by atoms with Gasteiger partial charge in [0.2, 0.25) is 10.0 Å². The Balaban J connectivity index is 1.22. The van der Waals surface area contributed by atoms with Crippen molar-refractivity contribution in [3.63, 3.8) is 0 Å². The molecule has 0 aliphatic carbocycles. The van der Waals surface area contributed by atoms with Crippen molar-refractivity contribution in [2.45, 2.75) is 24.0 Å². The molecule has 8 nitrogen and oxygen atoms in total. The van der Waals surface area contributed by atoms with Crippen molar-refractivity contribution in [1.82, 2.24) is 19.3 Å². The zero-order valence-corrected chi connectivity index (χ0v) is 17.2. The minimum atomic E-state index is -3.34. The normalized spacial score (nSPS) is 19.0. The molecule has 2 aliphatic rings. The van der Waals surface area contributed by atoms with E-state index in [1.807, 2.05) is 17.2 Å². The smallest absolute Gasteiger partial charge is 0.220 e. The highest BCUT2D eigenvalue weighted by molar-refractivity contribution is 7.89. The molecule has 3 aromatic rings. The Labute approximate surface area is 175 Å². The molecule has 9 heteroatoms. The van der Waals surface area contributed by atoms with E-state index in [1.54, 1.807) is 28.8 Å². The molecule has 30 heavy (non-hydrogen) atoms. The largest absolute Gasteiger partial charge is 0.354 e. The predicted molar refractivity (Wildman–Crippen MR) is 114 cm³/mol. The lowest BCUT2D eigenvalue weighted by molar-refractivity contribution is 0.313. The van der Waals surface area contributed by atoms with Crippen LogP contribution >= 0.6 is 0 Å². The number of fused-ring (bicyclic) bond motifs is 1. The summed E-state index contributed by atoms with van der Waals surface area (Å²) in [6.07, 6.45) is 6.98. The molecule has 0 radical (unpaired) electrons. The molecule has 0 aromatic carbocycles. The van der Waals surface area contributed by atoms with Crippen molar-refractivity contribution in [2.75, 3.05) is 31.1 Å². The first-order valence-electron chi connectivity index (χ1n) is 10.1. The van der Waals surface area contributed by atoms with Gasteiger partial charge in [0.25, 0.3) is 0 Å². The van der Waals surface area contributed by atoms with Gasteiger partial charge in [-0.3, -0.25) is 0 Å². The number of sulfonamides is 1. The van der Waals surface area contributed by atoms with Crippen molar-refractivity contribution in [1.29, 1.82) is 5.26 Å². The van der Waals surface area contributed by atoms with E-state index in [0.717, 1.165) is 23.9 Å². The fourth-order valence-corrected chi connectivity index (χ4v) is 6.30. The molecule has 0 bridgehead atoms. The number of nitrogens with one attached hydrogen (secondary N) is 1. The third kappa shape index (κ3) is 3.22. The SMILES string of the molecule is N#Cc1ccnc(N2CC(S(=O)(=O)N3CCC(c4c[nH]c5ncccc45)CC3)C2)c1. The highest BCUT2D eigenvalue weighted by atomic mass is 32.2. The molecule has 0 saturated carbocycles. The van der Waals surface area contributed by atoms with E-state index in [9.17, 15) is 8.42 Å². The van der Waals surface area contributed by atoms with Crippen LogP contribution in [0.25, 0.3) is 11.0 Å². The van der Waals surface area contributed by atoms with Crippen LogP contribution in [0.2, 0.25) is 0 Å². The lowest BCUT2D eigenvalue weighted by atomic mass is 9.90. The average Bonchev–Trinajstić information content (AvgIpc) is 3.17. The van der Waals surface area contributed by atoms with Crippen molar-refractivity contribution >= 4 is 26.9 Å². The Morgan fingerprint density at radius 3 is 2.70 bits per heavy atom. The average molecular weight is 423 g/mol. The van der Waals surface area contributed by atoms with Crippen LogP contribution in [0.4, 0.5) is 5.82 Å². The number of aromatic amines is 1. The molecule has 2 saturated heterocycles. The van der Waals surface area contributed by atoms with E-state index in [4.69, 9.17) is 5.26 Å². The second-order valence-electron chi connectivity index (χ2n) is 7.90. The number of nitriles is 1. The van der Waals surface area contributed by atoms with Crippen LogP contribution in [0.1, 0.15) is 29.9 Å². The van der Waals surface area contributed by atoms with Gasteiger partial charge in [-0.15, -0.1) is 0 Å². The molecular weight excluding hydrogens is 400 g/mol. The second-order valence-corrected chi connectivity index (χ2v) is 10.1. The van der Waals surface area contributed by atoms with Crippen LogP contribution in [-0.4, -0.2) is 59.1 Å². The summed E-state index contributed by atoms with van der Waals surface area (Å²) in [5.74, 6) is 0.998. The number of hydrogen-bond donors (Lipinski definition) is 1. The predicted octanol–water partition coefficient (Wildman–Crippen LogP) is 2.23. The minimum Gasteiger partial charge on any atom is -0.354 e. The summed E-state index contributed by atoms with van der Waals surface area (Å²) in [6, 6.07) is 9.43. The molecule has 5 heterocycles. The standard InChI is InChI=1S/C21H22N6O2S/c22-11-15-3-7-23-20(10-15)26-13-17(14-26)30(28,29)27-8-4-16(5-9-27)19-12-25-21-18(19)2-1-6-24-21/h1-3,6-7,10,12,16-17H,4-5,8-9,13-14H2,(H,24,25). The summed E-state index contributed by atoms with van der Waals surface area (Å²) in [4.78, 5) is 13.7. The van der Waals surface area contributed by atoms with Crippen LogP contribution in [0.15, 0.2) is 42.9 Å². The monoisotopic (exact) mass is 422 g/mol. The van der Waals surface area contributed by atoms with Gasteiger partial charge in [0.1, 0.15) is 16.7 Å².